The number of hydrogen-bond donors (Lipinski definition) is 0. The van der Waals surface area contributed by atoms with Crippen molar-refractivity contribution in [2.45, 2.75) is 20.8 Å². The summed E-state index contributed by atoms with van der Waals surface area (Å²) in [6.07, 6.45) is 1.56. The molecule has 0 amide bonds. The topological polar surface area (TPSA) is 48.4 Å². The van der Waals surface area contributed by atoms with Crippen molar-refractivity contribution in [2.24, 2.45) is 0 Å². The Hall–Kier alpha value is -0.220. The molecule has 1 heterocycles. The molecule has 0 saturated heterocycles. The molecule has 0 atom stereocenters. The molecular formula is C8H14NO3PS. The first kappa shape index (κ1) is 11.9. The first-order valence-corrected chi connectivity index (χ1v) is 6.80. The molecule has 0 aromatic carbocycles. The fraction of sp³-hybridized carbons (Fsp3) is 0.625. The lowest BCUT2D eigenvalue weighted by atomic mass is 10.8. The number of hydrogen-bond acceptors (Lipinski definition) is 5. The molecule has 80 valence electrons. The van der Waals surface area contributed by atoms with Crippen molar-refractivity contribution in [3.63, 3.8) is 0 Å². The third kappa shape index (κ3) is 2.64. The Morgan fingerprint density at radius 2 is 2.00 bits per heavy atom. The number of rotatable bonds is 5. The van der Waals surface area contributed by atoms with E-state index in [9.17, 15) is 4.57 Å². The third-order valence-electron chi connectivity index (χ3n) is 1.48. The summed E-state index contributed by atoms with van der Waals surface area (Å²) in [5.41, 5.74) is 0. The quantitative estimate of drug-likeness (QED) is 0.735. The molecule has 1 aromatic rings. The van der Waals surface area contributed by atoms with Crippen molar-refractivity contribution in [1.82, 2.24) is 4.98 Å². The molecular weight excluding hydrogens is 221 g/mol. The molecule has 0 radical (unpaired) electrons. The number of thiazole rings is 1. The highest BCUT2D eigenvalue weighted by atomic mass is 32.1. The van der Waals surface area contributed by atoms with E-state index in [4.69, 9.17) is 9.05 Å². The van der Waals surface area contributed by atoms with Gasteiger partial charge in [0.15, 0.2) is 0 Å². The van der Waals surface area contributed by atoms with Gasteiger partial charge >= 0.3 is 7.60 Å². The van der Waals surface area contributed by atoms with Gasteiger partial charge in [0.25, 0.3) is 0 Å². The van der Waals surface area contributed by atoms with Gasteiger partial charge in [0.1, 0.15) is 4.62 Å². The van der Waals surface area contributed by atoms with E-state index < -0.39 is 7.60 Å². The molecule has 0 N–H and O–H groups in total. The van der Waals surface area contributed by atoms with Crippen LogP contribution < -0.4 is 4.62 Å². The van der Waals surface area contributed by atoms with E-state index in [1.165, 1.54) is 11.3 Å². The molecule has 0 bridgehead atoms. The molecule has 1 aromatic heterocycles. The first-order valence-electron chi connectivity index (χ1n) is 4.44. The minimum absolute atomic E-state index is 0.369. The summed E-state index contributed by atoms with van der Waals surface area (Å²) in [6.45, 7) is 6.18. The van der Waals surface area contributed by atoms with Crippen LogP contribution in [0.2, 0.25) is 0 Å². The van der Waals surface area contributed by atoms with Crippen LogP contribution in [0.1, 0.15) is 18.9 Å². The molecule has 0 saturated carbocycles. The molecule has 0 aliphatic rings. The predicted octanol–water partition coefficient (Wildman–Crippen LogP) is 2.34. The van der Waals surface area contributed by atoms with Gasteiger partial charge in [0, 0.05) is 0 Å². The first-order chi connectivity index (χ1) is 6.62. The maximum Gasteiger partial charge on any atom is 0.372 e. The molecule has 0 fully saturated rings. The fourth-order valence-corrected chi connectivity index (χ4v) is 3.86. The molecule has 6 heteroatoms. The zero-order valence-electron chi connectivity index (χ0n) is 8.52. The van der Waals surface area contributed by atoms with Crippen LogP contribution in [-0.2, 0) is 13.6 Å². The minimum atomic E-state index is -3.09. The van der Waals surface area contributed by atoms with Crippen molar-refractivity contribution in [3.05, 3.63) is 11.2 Å². The van der Waals surface area contributed by atoms with Gasteiger partial charge in [-0.2, -0.15) is 0 Å². The van der Waals surface area contributed by atoms with Gasteiger partial charge in [-0.1, -0.05) is 0 Å². The molecule has 4 nitrogen and oxygen atoms in total. The second-order valence-electron chi connectivity index (χ2n) is 2.55. The van der Waals surface area contributed by atoms with Crippen LogP contribution in [0.5, 0.6) is 0 Å². The van der Waals surface area contributed by atoms with Crippen LogP contribution in [0.15, 0.2) is 6.20 Å². The van der Waals surface area contributed by atoms with Crippen LogP contribution in [0.4, 0.5) is 0 Å². The lowest BCUT2D eigenvalue weighted by molar-refractivity contribution is 0.230. The van der Waals surface area contributed by atoms with Crippen molar-refractivity contribution in [3.8, 4) is 0 Å². The molecule has 0 spiro atoms. The molecule has 0 aliphatic heterocycles. The maximum atomic E-state index is 12.2. The van der Waals surface area contributed by atoms with Crippen LogP contribution in [0, 0.1) is 6.92 Å². The van der Waals surface area contributed by atoms with E-state index in [2.05, 4.69) is 4.98 Å². The fourth-order valence-electron chi connectivity index (χ4n) is 0.981. The number of nitrogens with zero attached hydrogens (tertiary/aromatic N) is 1. The maximum absolute atomic E-state index is 12.2. The van der Waals surface area contributed by atoms with Crippen LogP contribution in [-0.4, -0.2) is 18.2 Å². The Morgan fingerprint density at radius 1 is 1.43 bits per heavy atom. The highest BCUT2D eigenvalue weighted by Crippen LogP contribution is 2.48. The van der Waals surface area contributed by atoms with Crippen LogP contribution in [0.3, 0.4) is 0 Å². The lowest BCUT2D eigenvalue weighted by Gasteiger charge is -2.14. The Balaban J connectivity index is 2.93. The van der Waals surface area contributed by atoms with Gasteiger partial charge in [-0.25, -0.2) is 4.98 Å². The minimum Gasteiger partial charge on any atom is -0.305 e. The average molecular weight is 235 g/mol. The summed E-state index contributed by atoms with van der Waals surface area (Å²) in [7, 11) is -3.09. The van der Waals surface area contributed by atoms with Gasteiger partial charge in [-0.15, -0.1) is 11.3 Å². The smallest absolute Gasteiger partial charge is 0.305 e. The predicted molar refractivity (Wildman–Crippen MR) is 57.3 cm³/mol. The van der Waals surface area contributed by atoms with Gasteiger partial charge in [0.05, 0.1) is 24.4 Å². The second kappa shape index (κ2) is 5.03. The van der Waals surface area contributed by atoms with E-state index in [0.29, 0.717) is 17.8 Å². The molecule has 1 rings (SSSR count). The normalized spacial score (nSPS) is 11.9. The Morgan fingerprint density at radius 3 is 2.36 bits per heavy atom. The van der Waals surface area contributed by atoms with Crippen LogP contribution in [0.25, 0.3) is 0 Å². The summed E-state index contributed by atoms with van der Waals surface area (Å²) in [5.74, 6) is 0. The van der Waals surface area contributed by atoms with Gasteiger partial charge in [0.2, 0.25) is 0 Å². The summed E-state index contributed by atoms with van der Waals surface area (Å²) in [5, 5.41) is 0.861. The van der Waals surface area contributed by atoms with Crippen molar-refractivity contribution in [1.29, 1.82) is 0 Å². The second-order valence-corrected chi connectivity index (χ2v) is 6.08. The third-order valence-corrected chi connectivity index (χ3v) is 4.99. The van der Waals surface area contributed by atoms with Gasteiger partial charge in [-0.3, -0.25) is 4.57 Å². The summed E-state index contributed by atoms with van der Waals surface area (Å²) in [4.78, 5) is 4.03. The molecule has 0 aliphatic carbocycles. The number of aromatic nitrogens is 1. The Bertz CT molecular complexity index is 329. The standard InChI is InChI=1S/C8H14NO3PS/c1-4-11-13(10,12-5-2)8-6-9-7(3)14-8/h6H,4-5H2,1-3H3. The van der Waals surface area contributed by atoms with E-state index in [1.54, 1.807) is 20.0 Å². The van der Waals surface area contributed by atoms with Crippen molar-refractivity contribution in [2.75, 3.05) is 13.2 Å². The monoisotopic (exact) mass is 235 g/mol. The summed E-state index contributed by atoms with van der Waals surface area (Å²) >= 11 is 1.35. The Labute approximate surface area is 87.8 Å². The lowest BCUT2D eigenvalue weighted by Crippen LogP contribution is -2.06. The van der Waals surface area contributed by atoms with Crippen molar-refractivity contribution >= 4 is 23.6 Å². The SMILES string of the molecule is CCOP(=O)(OCC)c1cnc(C)s1. The largest absolute Gasteiger partial charge is 0.372 e. The zero-order chi connectivity index (χ0) is 10.6. The van der Waals surface area contributed by atoms with Crippen molar-refractivity contribution < 1.29 is 13.6 Å². The summed E-state index contributed by atoms with van der Waals surface area (Å²) in [6, 6.07) is 0. The number of aryl methyl sites for hydroxylation is 1. The van der Waals surface area contributed by atoms with Gasteiger partial charge < -0.3 is 9.05 Å². The van der Waals surface area contributed by atoms with E-state index in [0.717, 1.165) is 5.01 Å². The highest BCUT2D eigenvalue weighted by molar-refractivity contribution is 7.68. The molecule has 14 heavy (non-hydrogen) atoms. The molecule has 0 unspecified atom stereocenters. The van der Waals surface area contributed by atoms with E-state index in [1.807, 2.05) is 6.92 Å². The Kier molecular flexibility index (Phi) is 4.26. The van der Waals surface area contributed by atoms with Gasteiger partial charge in [-0.05, 0) is 20.8 Å². The van der Waals surface area contributed by atoms with E-state index in [-0.39, 0.29) is 0 Å². The highest BCUT2D eigenvalue weighted by Gasteiger charge is 2.28. The summed E-state index contributed by atoms with van der Waals surface area (Å²) < 4.78 is 23.1. The van der Waals surface area contributed by atoms with Crippen LogP contribution >= 0.6 is 18.9 Å². The average Bonchev–Trinajstić information content (AvgIpc) is 2.53. The van der Waals surface area contributed by atoms with E-state index >= 15 is 0 Å². The zero-order valence-corrected chi connectivity index (χ0v) is 10.2.